The Kier molecular flexibility index (Phi) is 4.93. The van der Waals surface area contributed by atoms with Gasteiger partial charge in [0.2, 0.25) is 15.9 Å². The van der Waals surface area contributed by atoms with Crippen molar-refractivity contribution in [3.05, 3.63) is 11.1 Å². The number of aromatic nitrogens is 1. The number of piperidine rings is 1. The molecule has 124 valence electrons. The van der Waals surface area contributed by atoms with E-state index in [2.05, 4.69) is 31.1 Å². The molecule has 0 saturated carbocycles. The zero-order valence-corrected chi connectivity index (χ0v) is 15.1. The number of carbonyl (C=O) groups excluding carboxylic acids is 1. The van der Waals surface area contributed by atoms with Gasteiger partial charge in [0.05, 0.1) is 17.9 Å². The van der Waals surface area contributed by atoms with Crippen LogP contribution < -0.4 is 5.32 Å². The molecule has 1 N–H and O–H groups in total. The first-order chi connectivity index (χ1) is 10.1. The molecular weight excluding hydrogens is 322 g/mol. The van der Waals surface area contributed by atoms with Crippen LogP contribution in [0.5, 0.6) is 0 Å². The van der Waals surface area contributed by atoms with Gasteiger partial charge in [-0.1, -0.05) is 20.8 Å². The zero-order chi connectivity index (χ0) is 16.5. The number of anilines is 1. The van der Waals surface area contributed by atoms with Crippen LogP contribution in [0.2, 0.25) is 0 Å². The van der Waals surface area contributed by atoms with E-state index >= 15 is 0 Å². The number of amides is 1. The summed E-state index contributed by atoms with van der Waals surface area (Å²) in [5.74, 6) is -0.464. The predicted molar refractivity (Wildman–Crippen MR) is 88.6 cm³/mol. The monoisotopic (exact) mass is 345 g/mol. The smallest absolute Gasteiger partial charge is 0.230 e. The highest BCUT2D eigenvalue weighted by molar-refractivity contribution is 7.88. The highest BCUT2D eigenvalue weighted by Gasteiger charge is 2.30. The minimum absolute atomic E-state index is 0.0581. The van der Waals surface area contributed by atoms with Crippen molar-refractivity contribution in [2.24, 2.45) is 5.92 Å². The van der Waals surface area contributed by atoms with Gasteiger partial charge in [0.15, 0.2) is 5.13 Å². The molecule has 1 aliphatic rings. The molecule has 1 amide bonds. The van der Waals surface area contributed by atoms with Gasteiger partial charge in [-0.3, -0.25) is 4.79 Å². The SMILES string of the molecule is CC(C)(C)c1csc(NC(=O)[C@H]2CCCN(S(C)(=O)=O)C2)n1. The molecule has 2 rings (SSSR count). The molecule has 8 heteroatoms. The topological polar surface area (TPSA) is 79.4 Å². The molecule has 0 radical (unpaired) electrons. The summed E-state index contributed by atoms with van der Waals surface area (Å²) in [6.45, 7) is 6.95. The molecule has 22 heavy (non-hydrogen) atoms. The van der Waals surface area contributed by atoms with Crippen LogP contribution in [0, 0.1) is 5.92 Å². The second-order valence-corrected chi connectivity index (χ2v) is 9.58. The molecule has 1 fully saturated rings. The molecule has 0 bridgehead atoms. The molecule has 1 saturated heterocycles. The predicted octanol–water partition coefficient (Wildman–Crippen LogP) is 2.05. The van der Waals surface area contributed by atoms with Crippen LogP contribution in [0.1, 0.15) is 39.3 Å². The average molecular weight is 345 g/mol. The molecule has 1 atom stereocenters. The third kappa shape index (κ3) is 4.27. The van der Waals surface area contributed by atoms with Crippen molar-refractivity contribution in [2.75, 3.05) is 24.7 Å². The number of carbonyl (C=O) groups is 1. The molecule has 1 aliphatic heterocycles. The van der Waals surface area contributed by atoms with Crippen molar-refractivity contribution in [1.82, 2.24) is 9.29 Å². The first-order valence-electron chi connectivity index (χ1n) is 7.29. The van der Waals surface area contributed by atoms with Gasteiger partial charge < -0.3 is 5.32 Å². The summed E-state index contributed by atoms with van der Waals surface area (Å²) in [6, 6.07) is 0. The lowest BCUT2D eigenvalue weighted by molar-refractivity contribution is -0.120. The minimum Gasteiger partial charge on any atom is -0.302 e. The lowest BCUT2D eigenvalue weighted by Crippen LogP contribution is -2.43. The van der Waals surface area contributed by atoms with Crippen molar-refractivity contribution < 1.29 is 13.2 Å². The quantitative estimate of drug-likeness (QED) is 0.909. The van der Waals surface area contributed by atoms with Crippen molar-refractivity contribution >= 4 is 32.4 Å². The summed E-state index contributed by atoms with van der Waals surface area (Å²) in [5.41, 5.74) is 0.881. The lowest BCUT2D eigenvalue weighted by Gasteiger charge is -2.29. The average Bonchev–Trinajstić information content (AvgIpc) is 2.86. The fourth-order valence-corrected chi connectivity index (χ4v) is 4.19. The standard InChI is InChI=1S/C14H23N3O3S2/c1-14(2,3)11-9-21-13(15-11)16-12(18)10-6-5-7-17(8-10)22(4,19)20/h9-10H,5-8H2,1-4H3,(H,15,16,18)/t10-/m0/s1. The van der Waals surface area contributed by atoms with Crippen LogP contribution in [0.3, 0.4) is 0 Å². The zero-order valence-electron chi connectivity index (χ0n) is 13.4. The highest BCUT2D eigenvalue weighted by atomic mass is 32.2. The van der Waals surface area contributed by atoms with Crippen LogP contribution >= 0.6 is 11.3 Å². The summed E-state index contributed by atoms with van der Waals surface area (Å²) in [5, 5.41) is 5.34. The summed E-state index contributed by atoms with van der Waals surface area (Å²) in [4.78, 5) is 16.8. The summed E-state index contributed by atoms with van der Waals surface area (Å²) in [7, 11) is -3.24. The number of nitrogens with zero attached hydrogens (tertiary/aromatic N) is 2. The van der Waals surface area contributed by atoms with Gasteiger partial charge in [0.25, 0.3) is 0 Å². The first kappa shape index (κ1) is 17.4. The molecule has 0 spiro atoms. The fourth-order valence-electron chi connectivity index (χ4n) is 2.34. The fraction of sp³-hybridized carbons (Fsp3) is 0.714. The van der Waals surface area contributed by atoms with Gasteiger partial charge in [0, 0.05) is 23.9 Å². The third-order valence-electron chi connectivity index (χ3n) is 3.73. The van der Waals surface area contributed by atoms with E-state index in [1.54, 1.807) is 0 Å². The van der Waals surface area contributed by atoms with Crippen LogP contribution in [0.25, 0.3) is 0 Å². The Hall–Kier alpha value is -0.990. The van der Waals surface area contributed by atoms with Gasteiger partial charge in [-0.05, 0) is 12.8 Å². The Bertz CT molecular complexity index is 647. The third-order valence-corrected chi connectivity index (χ3v) is 5.75. The van der Waals surface area contributed by atoms with Crippen molar-refractivity contribution in [3.8, 4) is 0 Å². The normalized spacial score (nSPS) is 20.8. The van der Waals surface area contributed by atoms with E-state index in [4.69, 9.17) is 0 Å². The largest absolute Gasteiger partial charge is 0.302 e. The summed E-state index contributed by atoms with van der Waals surface area (Å²) in [6.07, 6.45) is 2.59. The van der Waals surface area contributed by atoms with E-state index in [1.165, 1.54) is 21.9 Å². The number of thiazole rings is 1. The molecular formula is C14H23N3O3S2. The van der Waals surface area contributed by atoms with Crippen LogP contribution in [0.15, 0.2) is 5.38 Å². The van der Waals surface area contributed by atoms with E-state index in [1.807, 2.05) is 5.38 Å². The Morgan fingerprint density at radius 1 is 1.45 bits per heavy atom. The van der Waals surface area contributed by atoms with Crippen molar-refractivity contribution in [3.63, 3.8) is 0 Å². The second kappa shape index (κ2) is 6.25. The number of hydrogen-bond donors (Lipinski definition) is 1. The van der Waals surface area contributed by atoms with Gasteiger partial charge in [0.1, 0.15) is 0 Å². The Morgan fingerprint density at radius 3 is 2.68 bits per heavy atom. The van der Waals surface area contributed by atoms with Crippen LogP contribution in [0.4, 0.5) is 5.13 Å². The molecule has 2 heterocycles. The van der Waals surface area contributed by atoms with E-state index < -0.39 is 10.0 Å². The number of sulfonamides is 1. The first-order valence-corrected chi connectivity index (χ1v) is 10.0. The van der Waals surface area contributed by atoms with E-state index in [-0.39, 0.29) is 23.8 Å². The number of nitrogens with one attached hydrogen (secondary N) is 1. The number of hydrogen-bond acceptors (Lipinski definition) is 5. The van der Waals surface area contributed by atoms with Crippen LogP contribution in [-0.4, -0.2) is 43.0 Å². The number of rotatable bonds is 3. The summed E-state index contributed by atoms with van der Waals surface area (Å²) >= 11 is 1.40. The lowest BCUT2D eigenvalue weighted by atomic mass is 9.93. The minimum atomic E-state index is -3.24. The molecule has 1 aromatic rings. The van der Waals surface area contributed by atoms with E-state index in [0.29, 0.717) is 24.5 Å². The highest BCUT2D eigenvalue weighted by Crippen LogP contribution is 2.27. The molecule has 0 aliphatic carbocycles. The van der Waals surface area contributed by atoms with Crippen molar-refractivity contribution in [2.45, 2.75) is 39.0 Å². The van der Waals surface area contributed by atoms with Gasteiger partial charge in [-0.25, -0.2) is 17.7 Å². The van der Waals surface area contributed by atoms with Gasteiger partial charge in [-0.2, -0.15) is 0 Å². The molecule has 0 aromatic carbocycles. The Morgan fingerprint density at radius 2 is 2.14 bits per heavy atom. The second-order valence-electron chi connectivity index (χ2n) is 6.74. The molecule has 1 aromatic heterocycles. The van der Waals surface area contributed by atoms with Crippen molar-refractivity contribution in [1.29, 1.82) is 0 Å². The maximum atomic E-state index is 12.3. The maximum Gasteiger partial charge on any atom is 0.230 e. The van der Waals surface area contributed by atoms with E-state index in [0.717, 1.165) is 5.69 Å². The van der Waals surface area contributed by atoms with Gasteiger partial charge >= 0.3 is 0 Å². The van der Waals surface area contributed by atoms with E-state index in [9.17, 15) is 13.2 Å². The van der Waals surface area contributed by atoms with Crippen LogP contribution in [-0.2, 0) is 20.2 Å². The maximum absolute atomic E-state index is 12.3. The Labute approximate surface area is 136 Å². The summed E-state index contributed by atoms with van der Waals surface area (Å²) < 4.78 is 24.6. The Balaban J connectivity index is 2.01. The molecule has 0 unspecified atom stereocenters. The molecule has 6 nitrogen and oxygen atoms in total. The van der Waals surface area contributed by atoms with Gasteiger partial charge in [-0.15, -0.1) is 11.3 Å².